The van der Waals surface area contributed by atoms with Gasteiger partial charge in [-0.25, -0.2) is 0 Å². The molecule has 5 heteroatoms. The molecule has 0 unspecified atom stereocenters. The highest BCUT2D eigenvalue weighted by molar-refractivity contribution is 5.75. The maximum Gasteiger partial charge on any atom is 0.244 e. The Labute approximate surface area is 89.9 Å². The number of likely N-dealkylation sites (N-methyl/N-ethyl adjacent to an activating group) is 1. The van der Waals surface area contributed by atoms with Gasteiger partial charge in [0.15, 0.2) is 0 Å². The van der Waals surface area contributed by atoms with Crippen molar-refractivity contribution in [2.24, 2.45) is 5.73 Å². The molecular weight excluding hydrogens is 192 g/mol. The number of aryl methyl sites for hydroxylation is 2. The molecule has 0 aliphatic heterocycles. The zero-order chi connectivity index (χ0) is 11.4. The van der Waals surface area contributed by atoms with Crippen molar-refractivity contribution in [1.82, 2.24) is 14.7 Å². The number of carbonyl (C=O) groups excluding carboxylic acids is 1. The van der Waals surface area contributed by atoms with E-state index in [4.69, 9.17) is 5.73 Å². The van der Waals surface area contributed by atoms with Gasteiger partial charge in [-0.15, -0.1) is 0 Å². The minimum Gasteiger partial charge on any atom is -0.343 e. The fraction of sp³-hybridized carbons (Fsp3) is 0.600. The molecule has 0 atom stereocenters. The molecule has 0 saturated carbocycles. The molecule has 1 aromatic rings. The van der Waals surface area contributed by atoms with E-state index >= 15 is 0 Å². The number of hydrogen-bond donors (Lipinski definition) is 1. The first-order chi connectivity index (χ1) is 7.04. The van der Waals surface area contributed by atoms with Crippen molar-refractivity contribution in [2.45, 2.75) is 20.4 Å². The summed E-state index contributed by atoms with van der Waals surface area (Å²) < 4.78 is 1.71. The number of amides is 1. The third kappa shape index (κ3) is 3.06. The predicted molar refractivity (Wildman–Crippen MR) is 58.4 cm³/mol. The van der Waals surface area contributed by atoms with Gasteiger partial charge in [-0.1, -0.05) is 0 Å². The average Bonchev–Trinajstić information content (AvgIpc) is 2.45. The van der Waals surface area contributed by atoms with Crippen LogP contribution in [0.15, 0.2) is 6.07 Å². The highest BCUT2D eigenvalue weighted by Crippen LogP contribution is 2.02. The number of nitrogens with zero attached hydrogens (tertiary/aromatic N) is 3. The molecule has 0 aliphatic rings. The molecular formula is C10H18N4O. The van der Waals surface area contributed by atoms with E-state index in [9.17, 15) is 4.79 Å². The van der Waals surface area contributed by atoms with E-state index in [2.05, 4.69) is 5.10 Å². The number of carbonyl (C=O) groups is 1. The molecule has 5 nitrogen and oxygen atoms in total. The first-order valence-electron chi connectivity index (χ1n) is 4.99. The van der Waals surface area contributed by atoms with Crippen molar-refractivity contribution in [2.75, 3.05) is 20.1 Å². The molecule has 1 rings (SSSR count). The molecule has 84 valence electrons. The second-order valence-corrected chi connectivity index (χ2v) is 3.69. The minimum absolute atomic E-state index is 0.0339. The van der Waals surface area contributed by atoms with Crippen LogP contribution >= 0.6 is 0 Å². The molecule has 0 fully saturated rings. The van der Waals surface area contributed by atoms with E-state index in [0.29, 0.717) is 13.1 Å². The number of nitrogens with two attached hydrogens (primary N) is 1. The number of hydrogen-bond acceptors (Lipinski definition) is 3. The molecule has 15 heavy (non-hydrogen) atoms. The largest absolute Gasteiger partial charge is 0.343 e. The van der Waals surface area contributed by atoms with Crippen LogP contribution in [0.25, 0.3) is 0 Å². The lowest BCUT2D eigenvalue weighted by Crippen LogP contribution is -2.34. The Balaban J connectivity index is 2.62. The van der Waals surface area contributed by atoms with Crippen LogP contribution in [0.2, 0.25) is 0 Å². The fourth-order valence-corrected chi connectivity index (χ4v) is 1.40. The van der Waals surface area contributed by atoms with Gasteiger partial charge in [-0.3, -0.25) is 9.48 Å². The van der Waals surface area contributed by atoms with Gasteiger partial charge in [-0.2, -0.15) is 5.10 Å². The Bertz CT molecular complexity index is 345. The van der Waals surface area contributed by atoms with Crippen molar-refractivity contribution in [1.29, 1.82) is 0 Å². The van der Waals surface area contributed by atoms with Gasteiger partial charge < -0.3 is 10.6 Å². The van der Waals surface area contributed by atoms with Gasteiger partial charge in [0.05, 0.1) is 5.69 Å². The first kappa shape index (κ1) is 11.7. The van der Waals surface area contributed by atoms with E-state index in [0.717, 1.165) is 11.4 Å². The Morgan fingerprint density at radius 3 is 2.73 bits per heavy atom. The van der Waals surface area contributed by atoms with Crippen LogP contribution in [0.1, 0.15) is 11.4 Å². The highest BCUT2D eigenvalue weighted by atomic mass is 16.2. The summed E-state index contributed by atoms with van der Waals surface area (Å²) in [6, 6.07) is 1.95. The van der Waals surface area contributed by atoms with Crippen molar-refractivity contribution >= 4 is 5.91 Å². The van der Waals surface area contributed by atoms with Crippen LogP contribution < -0.4 is 5.73 Å². The molecule has 0 saturated heterocycles. The summed E-state index contributed by atoms with van der Waals surface area (Å²) in [5.74, 6) is 0.0339. The van der Waals surface area contributed by atoms with Gasteiger partial charge in [0.2, 0.25) is 5.91 Å². The summed E-state index contributed by atoms with van der Waals surface area (Å²) in [6.07, 6.45) is 0. The van der Waals surface area contributed by atoms with Crippen LogP contribution in [0.5, 0.6) is 0 Å². The van der Waals surface area contributed by atoms with E-state index in [-0.39, 0.29) is 12.5 Å². The maximum absolute atomic E-state index is 11.7. The molecule has 1 amide bonds. The number of aromatic nitrogens is 2. The van der Waals surface area contributed by atoms with Gasteiger partial charge in [-0.05, 0) is 19.9 Å². The summed E-state index contributed by atoms with van der Waals surface area (Å²) in [5.41, 5.74) is 7.31. The maximum atomic E-state index is 11.7. The Kier molecular flexibility index (Phi) is 3.85. The SMILES string of the molecule is Cc1cc(C)n(CC(=O)N(C)CCN)n1. The molecule has 0 spiro atoms. The average molecular weight is 210 g/mol. The smallest absolute Gasteiger partial charge is 0.244 e. The zero-order valence-corrected chi connectivity index (χ0v) is 9.53. The van der Waals surface area contributed by atoms with Gasteiger partial charge in [0, 0.05) is 25.8 Å². The van der Waals surface area contributed by atoms with E-state index in [1.54, 1.807) is 16.6 Å². The Morgan fingerprint density at radius 2 is 2.27 bits per heavy atom. The van der Waals surface area contributed by atoms with Crippen molar-refractivity contribution in [3.8, 4) is 0 Å². The van der Waals surface area contributed by atoms with Gasteiger partial charge in [0.1, 0.15) is 6.54 Å². The molecule has 0 aliphatic carbocycles. The lowest BCUT2D eigenvalue weighted by Gasteiger charge is -2.16. The molecule has 0 aromatic carbocycles. The number of rotatable bonds is 4. The topological polar surface area (TPSA) is 64.2 Å². The lowest BCUT2D eigenvalue weighted by molar-refractivity contribution is -0.130. The Morgan fingerprint density at radius 1 is 1.60 bits per heavy atom. The quantitative estimate of drug-likeness (QED) is 0.756. The molecule has 0 bridgehead atoms. The zero-order valence-electron chi connectivity index (χ0n) is 9.53. The third-order valence-corrected chi connectivity index (χ3v) is 2.28. The third-order valence-electron chi connectivity index (χ3n) is 2.28. The van der Waals surface area contributed by atoms with Crippen molar-refractivity contribution in [3.63, 3.8) is 0 Å². The predicted octanol–water partition coefficient (Wildman–Crippen LogP) is -0.0830. The van der Waals surface area contributed by atoms with Crippen LogP contribution in [-0.4, -0.2) is 40.7 Å². The second kappa shape index (κ2) is 4.93. The van der Waals surface area contributed by atoms with Gasteiger partial charge in [0.25, 0.3) is 0 Å². The van der Waals surface area contributed by atoms with E-state index in [1.165, 1.54) is 0 Å². The van der Waals surface area contributed by atoms with Gasteiger partial charge >= 0.3 is 0 Å². The normalized spacial score (nSPS) is 10.4. The lowest BCUT2D eigenvalue weighted by atomic mass is 10.4. The van der Waals surface area contributed by atoms with Crippen LogP contribution in [-0.2, 0) is 11.3 Å². The highest BCUT2D eigenvalue weighted by Gasteiger charge is 2.10. The summed E-state index contributed by atoms with van der Waals surface area (Å²) in [5, 5.41) is 4.23. The monoisotopic (exact) mass is 210 g/mol. The Hall–Kier alpha value is -1.36. The fourth-order valence-electron chi connectivity index (χ4n) is 1.40. The standard InChI is InChI=1S/C10H18N4O/c1-8-6-9(2)14(12-8)7-10(15)13(3)5-4-11/h6H,4-5,7,11H2,1-3H3. The molecule has 0 radical (unpaired) electrons. The molecule has 1 heterocycles. The van der Waals surface area contributed by atoms with Crippen molar-refractivity contribution in [3.05, 3.63) is 17.5 Å². The summed E-state index contributed by atoms with van der Waals surface area (Å²) >= 11 is 0. The van der Waals surface area contributed by atoms with Crippen molar-refractivity contribution < 1.29 is 4.79 Å². The first-order valence-corrected chi connectivity index (χ1v) is 4.99. The second-order valence-electron chi connectivity index (χ2n) is 3.69. The molecule has 2 N–H and O–H groups in total. The summed E-state index contributed by atoms with van der Waals surface area (Å²) in [6.45, 7) is 5.21. The van der Waals surface area contributed by atoms with E-state index < -0.39 is 0 Å². The van der Waals surface area contributed by atoms with Crippen LogP contribution in [0, 0.1) is 13.8 Å². The van der Waals surface area contributed by atoms with Crippen LogP contribution in [0.4, 0.5) is 0 Å². The summed E-state index contributed by atoms with van der Waals surface area (Å²) in [4.78, 5) is 13.3. The minimum atomic E-state index is 0.0339. The summed E-state index contributed by atoms with van der Waals surface area (Å²) in [7, 11) is 1.75. The van der Waals surface area contributed by atoms with E-state index in [1.807, 2.05) is 19.9 Å². The van der Waals surface area contributed by atoms with Crippen LogP contribution in [0.3, 0.4) is 0 Å². The molecule has 1 aromatic heterocycles.